The fourth-order valence-corrected chi connectivity index (χ4v) is 4.73. The lowest BCUT2D eigenvalue weighted by molar-refractivity contribution is 0.0783. The molecule has 2 aliphatic rings. The van der Waals surface area contributed by atoms with Crippen molar-refractivity contribution < 1.29 is 18.8 Å². The highest BCUT2D eigenvalue weighted by Crippen LogP contribution is 2.39. The second-order valence-corrected chi connectivity index (χ2v) is 8.70. The summed E-state index contributed by atoms with van der Waals surface area (Å²) in [4.78, 5) is 20.4. The number of para-hydroxylation sites is 1. The summed E-state index contributed by atoms with van der Waals surface area (Å²) in [5.74, 6) is 2.19. The molecular formula is C27H23N3O4. The van der Waals surface area contributed by atoms with Crippen LogP contribution in [-0.4, -0.2) is 34.8 Å². The van der Waals surface area contributed by atoms with E-state index < -0.39 is 0 Å². The zero-order valence-electron chi connectivity index (χ0n) is 19.0. The van der Waals surface area contributed by atoms with Gasteiger partial charge in [-0.25, -0.2) is 4.98 Å². The third-order valence-corrected chi connectivity index (χ3v) is 6.32. The minimum Gasteiger partial charge on any atom is -0.454 e. The van der Waals surface area contributed by atoms with Crippen LogP contribution in [0.25, 0.3) is 22.6 Å². The predicted octanol–water partition coefficient (Wildman–Crippen LogP) is 5.02. The summed E-state index contributed by atoms with van der Waals surface area (Å²) in [6, 6.07) is 15.6. The van der Waals surface area contributed by atoms with E-state index in [1.807, 2.05) is 55.5 Å². The molecule has 34 heavy (non-hydrogen) atoms. The molecule has 7 heteroatoms. The Balaban J connectivity index is 1.42. The molecule has 0 atom stereocenters. The van der Waals surface area contributed by atoms with Gasteiger partial charge in [0.15, 0.2) is 11.5 Å². The first-order valence-electron chi connectivity index (χ1n) is 11.3. The van der Waals surface area contributed by atoms with Gasteiger partial charge in [-0.2, -0.15) is 0 Å². The summed E-state index contributed by atoms with van der Waals surface area (Å²) < 4.78 is 16.1. The van der Waals surface area contributed by atoms with Crippen molar-refractivity contribution >= 4 is 28.5 Å². The molecule has 0 bridgehead atoms. The number of carbonyl (C=O) groups excluding carboxylic acids is 1. The summed E-state index contributed by atoms with van der Waals surface area (Å²) >= 11 is 0. The Kier molecular flexibility index (Phi) is 4.83. The van der Waals surface area contributed by atoms with Gasteiger partial charge in [-0.05, 0) is 60.7 Å². The maximum absolute atomic E-state index is 13.7. The number of pyridine rings is 1. The van der Waals surface area contributed by atoms with Crippen LogP contribution in [-0.2, 0) is 13.0 Å². The number of aryl methyl sites for hydroxylation is 1. The van der Waals surface area contributed by atoms with Crippen molar-refractivity contribution in [3.8, 4) is 11.5 Å². The molecule has 7 nitrogen and oxygen atoms in total. The molecule has 0 radical (unpaired) electrons. The van der Waals surface area contributed by atoms with E-state index in [9.17, 15) is 4.79 Å². The zero-order chi connectivity index (χ0) is 23.2. The highest BCUT2D eigenvalue weighted by atomic mass is 16.7. The van der Waals surface area contributed by atoms with Gasteiger partial charge >= 0.3 is 0 Å². The first kappa shape index (κ1) is 20.5. The Hall–Kier alpha value is -4.13. The van der Waals surface area contributed by atoms with Crippen LogP contribution >= 0.6 is 0 Å². The topological polar surface area (TPSA) is 77.7 Å². The van der Waals surface area contributed by atoms with Crippen LogP contribution in [0.1, 0.15) is 45.1 Å². The minimum atomic E-state index is -0.0418. The SMILES string of the molecule is Cc1cc(CN(C)C(=O)c2c3c(nc4ccccc24)/C(=C/c2ccc4c(c2)OCO4)CC3)no1. The van der Waals surface area contributed by atoms with E-state index in [1.54, 1.807) is 11.9 Å². The molecule has 1 amide bonds. The van der Waals surface area contributed by atoms with Crippen molar-refractivity contribution in [2.24, 2.45) is 0 Å². The Morgan fingerprint density at radius 1 is 1.09 bits per heavy atom. The Labute approximate surface area is 196 Å². The number of benzene rings is 2. The molecule has 0 saturated carbocycles. The van der Waals surface area contributed by atoms with E-state index in [1.165, 1.54) is 0 Å². The molecule has 2 aromatic carbocycles. The lowest BCUT2D eigenvalue weighted by atomic mass is 9.99. The smallest absolute Gasteiger partial charge is 0.254 e. The zero-order valence-corrected chi connectivity index (χ0v) is 19.0. The molecule has 1 aliphatic carbocycles. The first-order valence-corrected chi connectivity index (χ1v) is 11.3. The van der Waals surface area contributed by atoms with Crippen molar-refractivity contribution in [3.63, 3.8) is 0 Å². The average molecular weight is 453 g/mol. The lowest BCUT2D eigenvalue weighted by Gasteiger charge is -2.19. The van der Waals surface area contributed by atoms with Crippen LogP contribution < -0.4 is 9.47 Å². The van der Waals surface area contributed by atoms with E-state index in [2.05, 4.69) is 11.2 Å². The third-order valence-electron chi connectivity index (χ3n) is 6.32. The molecule has 0 N–H and O–H groups in total. The Bertz CT molecular complexity index is 1470. The van der Waals surface area contributed by atoms with Crippen molar-refractivity contribution in [1.82, 2.24) is 15.0 Å². The van der Waals surface area contributed by atoms with Gasteiger partial charge in [-0.3, -0.25) is 4.79 Å². The predicted molar refractivity (Wildman–Crippen MR) is 128 cm³/mol. The normalized spacial score (nSPS) is 15.2. The van der Waals surface area contributed by atoms with Crippen LogP contribution in [0.15, 0.2) is 53.1 Å². The first-order chi connectivity index (χ1) is 16.6. The van der Waals surface area contributed by atoms with E-state index in [-0.39, 0.29) is 12.7 Å². The molecule has 1 aliphatic heterocycles. The number of rotatable bonds is 4. The molecule has 0 saturated heterocycles. The molecule has 0 spiro atoms. The maximum atomic E-state index is 13.7. The second kappa shape index (κ2) is 8.02. The molecule has 6 rings (SSSR count). The summed E-state index contributed by atoms with van der Waals surface area (Å²) in [6.07, 6.45) is 3.72. The molecule has 0 fully saturated rings. The van der Waals surface area contributed by atoms with E-state index in [0.29, 0.717) is 6.54 Å². The fraction of sp³-hybridized carbons (Fsp3) is 0.222. The number of carbonyl (C=O) groups is 1. The molecule has 2 aromatic heterocycles. The van der Waals surface area contributed by atoms with E-state index >= 15 is 0 Å². The van der Waals surface area contributed by atoms with Crippen LogP contribution in [0.2, 0.25) is 0 Å². The Morgan fingerprint density at radius 3 is 2.79 bits per heavy atom. The van der Waals surface area contributed by atoms with E-state index in [4.69, 9.17) is 19.0 Å². The maximum Gasteiger partial charge on any atom is 0.254 e. The molecule has 0 unspecified atom stereocenters. The fourth-order valence-electron chi connectivity index (χ4n) is 4.73. The molecule has 4 aromatic rings. The number of allylic oxidation sites excluding steroid dienone is 1. The van der Waals surface area contributed by atoms with Crippen LogP contribution in [0.4, 0.5) is 0 Å². The highest BCUT2D eigenvalue weighted by molar-refractivity contribution is 6.09. The second-order valence-electron chi connectivity index (χ2n) is 8.70. The largest absolute Gasteiger partial charge is 0.454 e. The summed E-state index contributed by atoms with van der Waals surface area (Å²) in [7, 11) is 1.80. The number of hydrogen-bond donors (Lipinski definition) is 0. The van der Waals surface area contributed by atoms with Crippen LogP contribution in [0.3, 0.4) is 0 Å². The number of aromatic nitrogens is 2. The molecule has 170 valence electrons. The van der Waals surface area contributed by atoms with Gasteiger partial charge in [0, 0.05) is 18.5 Å². The number of amides is 1. The number of nitrogens with zero attached hydrogens (tertiary/aromatic N) is 3. The highest BCUT2D eigenvalue weighted by Gasteiger charge is 2.28. The van der Waals surface area contributed by atoms with Gasteiger partial charge in [0.05, 0.1) is 23.3 Å². The van der Waals surface area contributed by atoms with Gasteiger partial charge in [0.25, 0.3) is 5.91 Å². The van der Waals surface area contributed by atoms with Crippen molar-refractivity contribution in [1.29, 1.82) is 0 Å². The summed E-state index contributed by atoms with van der Waals surface area (Å²) in [6.45, 7) is 2.47. The van der Waals surface area contributed by atoms with Crippen molar-refractivity contribution in [2.45, 2.75) is 26.3 Å². The minimum absolute atomic E-state index is 0.0418. The van der Waals surface area contributed by atoms with Crippen molar-refractivity contribution in [2.75, 3.05) is 13.8 Å². The summed E-state index contributed by atoms with van der Waals surface area (Å²) in [5, 5.41) is 4.91. The quantitative estimate of drug-likeness (QED) is 0.432. The number of fused-ring (bicyclic) bond motifs is 3. The van der Waals surface area contributed by atoms with Crippen molar-refractivity contribution in [3.05, 3.63) is 82.4 Å². The van der Waals surface area contributed by atoms with E-state index in [0.717, 1.165) is 74.7 Å². The average Bonchev–Trinajstić information content (AvgIpc) is 3.57. The van der Waals surface area contributed by atoms with Crippen LogP contribution in [0.5, 0.6) is 11.5 Å². The number of hydrogen-bond acceptors (Lipinski definition) is 6. The van der Waals surface area contributed by atoms with Gasteiger partial charge < -0.3 is 18.9 Å². The number of ether oxygens (including phenoxy) is 2. The van der Waals surface area contributed by atoms with Gasteiger partial charge in [-0.15, -0.1) is 0 Å². The lowest BCUT2D eigenvalue weighted by Crippen LogP contribution is -2.27. The Morgan fingerprint density at radius 2 is 1.94 bits per heavy atom. The monoisotopic (exact) mass is 453 g/mol. The van der Waals surface area contributed by atoms with Gasteiger partial charge in [0.1, 0.15) is 11.5 Å². The standard InChI is InChI=1S/C27H23N3O4/c1-16-11-19(29-34-16)14-30(2)27(31)25-20-5-3-4-6-22(20)28-26-18(8-9-21(25)26)12-17-7-10-23-24(13-17)33-15-32-23/h3-7,10-13H,8-9,14-15H2,1-2H3/b18-12+. The molecular weight excluding hydrogens is 430 g/mol. The van der Waals surface area contributed by atoms with Crippen LogP contribution in [0, 0.1) is 6.92 Å². The third kappa shape index (κ3) is 3.50. The molecule has 3 heterocycles. The van der Waals surface area contributed by atoms with Gasteiger partial charge in [0.2, 0.25) is 6.79 Å². The van der Waals surface area contributed by atoms with Gasteiger partial charge in [-0.1, -0.05) is 29.4 Å². The summed E-state index contributed by atoms with van der Waals surface area (Å²) in [5.41, 5.74) is 6.29.